The van der Waals surface area contributed by atoms with Crippen LogP contribution >= 0.6 is 0 Å². The van der Waals surface area contributed by atoms with E-state index >= 15 is 0 Å². The molecule has 0 bridgehead atoms. The molecular weight excluding hydrogens is 192 g/mol. The Morgan fingerprint density at radius 3 is 2.12 bits per heavy atom. The number of aryl methyl sites for hydroxylation is 1. The fourth-order valence-corrected chi connectivity index (χ4v) is 2.07. The van der Waals surface area contributed by atoms with Crippen molar-refractivity contribution < 1.29 is 0 Å². The topological polar surface area (TPSA) is 0 Å². The lowest BCUT2D eigenvalue weighted by Gasteiger charge is -2.12. The molecule has 0 aliphatic carbocycles. The first-order chi connectivity index (χ1) is 7.70. The monoisotopic (exact) mass is 214 g/mol. The van der Waals surface area contributed by atoms with Gasteiger partial charge < -0.3 is 0 Å². The third-order valence-corrected chi connectivity index (χ3v) is 2.86. The molecule has 0 aliphatic heterocycles. The molecule has 0 atom stereocenters. The number of benzene rings is 2. The highest BCUT2D eigenvalue weighted by molar-refractivity contribution is 5.86. The number of hydrogen-bond acceptors (Lipinski definition) is 0. The summed E-state index contributed by atoms with van der Waals surface area (Å²) in [6, 6.07) is 13.1. The molecule has 0 fully saturated rings. The second kappa shape index (κ2) is 5.69. The lowest BCUT2D eigenvalue weighted by molar-refractivity contribution is 0.859. The van der Waals surface area contributed by atoms with Crippen LogP contribution < -0.4 is 0 Å². The van der Waals surface area contributed by atoms with Crippen LogP contribution in [0.3, 0.4) is 0 Å². The zero-order chi connectivity index (χ0) is 12.1. The van der Waals surface area contributed by atoms with Crippen LogP contribution in [0, 0.1) is 6.92 Å². The Morgan fingerprint density at radius 1 is 0.875 bits per heavy atom. The molecule has 0 amide bonds. The minimum absolute atomic E-state index is 0.611. The first-order valence-corrected chi connectivity index (χ1v) is 6.18. The molecule has 0 heteroatoms. The van der Waals surface area contributed by atoms with Gasteiger partial charge in [-0.1, -0.05) is 64.1 Å². The highest BCUT2D eigenvalue weighted by Crippen LogP contribution is 2.26. The van der Waals surface area contributed by atoms with Crippen LogP contribution in [0.5, 0.6) is 0 Å². The zero-order valence-corrected chi connectivity index (χ0v) is 11.0. The predicted molar refractivity (Wildman–Crippen MR) is 74.1 cm³/mol. The zero-order valence-electron chi connectivity index (χ0n) is 11.0. The second-order valence-electron chi connectivity index (χ2n) is 4.16. The van der Waals surface area contributed by atoms with Crippen molar-refractivity contribution in [3.63, 3.8) is 0 Å². The van der Waals surface area contributed by atoms with Crippen molar-refractivity contribution in [2.45, 2.75) is 40.5 Å². The van der Waals surface area contributed by atoms with E-state index in [9.17, 15) is 0 Å². The van der Waals surface area contributed by atoms with Gasteiger partial charge in [-0.05, 0) is 34.7 Å². The summed E-state index contributed by atoms with van der Waals surface area (Å²) in [5.41, 5.74) is 2.89. The molecule has 0 aliphatic rings. The summed E-state index contributed by atoms with van der Waals surface area (Å²) in [7, 11) is 0. The van der Waals surface area contributed by atoms with E-state index < -0.39 is 0 Å². The molecular formula is C16H22. The van der Waals surface area contributed by atoms with Crippen LogP contribution in [0.1, 0.15) is 44.7 Å². The summed E-state index contributed by atoms with van der Waals surface area (Å²) in [4.78, 5) is 0. The first-order valence-electron chi connectivity index (χ1n) is 6.18. The lowest BCUT2D eigenvalue weighted by Crippen LogP contribution is -1.92. The van der Waals surface area contributed by atoms with Gasteiger partial charge in [0.15, 0.2) is 0 Å². The maximum atomic E-state index is 2.25. The van der Waals surface area contributed by atoms with E-state index in [0.717, 1.165) is 0 Å². The molecule has 0 heterocycles. The second-order valence-corrected chi connectivity index (χ2v) is 4.16. The molecule has 2 rings (SSSR count). The molecule has 0 saturated carbocycles. The largest absolute Gasteiger partial charge is 0.0683 e. The van der Waals surface area contributed by atoms with Gasteiger partial charge in [-0.3, -0.25) is 0 Å². The van der Waals surface area contributed by atoms with Crippen molar-refractivity contribution >= 4 is 10.8 Å². The summed E-state index contributed by atoms with van der Waals surface area (Å²) in [5, 5.41) is 2.73. The van der Waals surface area contributed by atoms with Crippen LogP contribution in [0.25, 0.3) is 10.8 Å². The van der Waals surface area contributed by atoms with Gasteiger partial charge in [0, 0.05) is 0 Å². The third-order valence-electron chi connectivity index (χ3n) is 2.86. The summed E-state index contributed by atoms with van der Waals surface area (Å²) in [6.07, 6.45) is 0. The van der Waals surface area contributed by atoms with Gasteiger partial charge in [-0.2, -0.15) is 0 Å². The highest BCUT2D eigenvalue weighted by Gasteiger charge is 2.05. The SMILES string of the molecule is CC.Cc1c(C(C)C)ccc2ccccc12. The smallest absolute Gasteiger partial charge is 0.0152 e. The van der Waals surface area contributed by atoms with Crippen molar-refractivity contribution in [2.24, 2.45) is 0 Å². The van der Waals surface area contributed by atoms with E-state index in [1.807, 2.05) is 13.8 Å². The molecule has 86 valence electrons. The molecule has 0 spiro atoms. The molecule has 2 aromatic rings. The van der Waals surface area contributed by atoms with Crippen LogP contribution in [-0.2, 0) is 0 Å². The van der Waals surface area contributed by atoms with E-state index in [4.69, 9.17) is 0 Å². The Morgan fingerprint density at radius 2 is 1.50 bits per heavy atom. The molecule has 0 radical (unpaired) electrons. The Kier molecular flexibility index (Phi) is 4.54. The van der Waals surface area contributed by atoms with Crippen molar-refractivity contribution in [3.05, 3.63) is 47.5 Å². The number of hydrogen-bond donors (Lipinski definition) is 0. The molecule has 16 heavy (non-hydrogen) atoms. The predicted octanol–water partition coefficient (Wildman–Crippen LogP) is 5.30. The molecule has 0 nitrogen and oxygen atoms in total. The third kappa shape index (κ3) is 2.44. The van der Waals surface area contributed by atoms with Crippen LogP contribution in [0.2, 0.25) is 0 Å². The standard InChI is InChI=1S/C14H16.C2H6/c1-10(2)13-9-8-12-6-4-5-7-14(12)11(13)3;1-2/h4-10H,1-3H3;1-2H3. The summed E-state index contributed by atoms with van der Waals surface area (Å²) < 4.78 is 0. The van der Waals surface area contributed by atoms with Crippen LogP contribution in [0.15, 0.2) is 36.4 Å². The maximum absolute atomic E-state index is 2.25. The van der Waals surface area contributed by atoms with Gasteiger partial charge in [0.25, 0.3) is 0 Å². The maximum Gasteiger partial charge on any atom is -0.0152 e. The average molecular weight is 214 g/mol. The Bertz CT molecular complexity index is 453. The Hall–Kier alpha value is -1.30. The first kappa shape index (κ1) is 12.8. The Balaban J connectivity index is 0.000000606. The van der Waals surface area contributed by atoms with E-state index in [1.54, 1.807) is 0 Å². The molecule has 2 aromatic carbocycles. The minimum Gasteiger partial charge on any atom is -0.0683 e. The van der Waals surface area contributed by atoms with E-state index in [-0.39, 0.29) is 0 Å². The molecule has 0 aromatic heterocycles. The average Bonchev–Trinajstić information content (AvgIpc) is 2.32. The quantitative estimate of drug-likeness (QED) is 0.604. The van der Waals surface area contributed by atoms with E-state index in [0.29, 0.717) is 5.92 Å². The normalized spacial score (nSPS) is 10.1. The van der Waals surface area contributed by atoms with Crippen molar-refractivity contribution in [2.75, 3.05) is 0 Å². The van der Waals surface area contributed by atoms with E-state index in [2.05, 4.69) is 57.2 Å². The van der Waals surface area contributed by atoms with Gasteiger partial charge in [0.05, 0.1) is 0 Å². The number of fused-ring (bicyclic) bond motifs is 1. The van der Waals surface area contributed by atoms with Gasteiger partial charge in [-0.25, -0.2) is 0 Å². The summed E-state index contributed by atoms with van der Waals surface area (Å²) in [5.74, 6) is 0.611. The highest BCUT2D eigenvalue weighted by atomic mass is 14.1. The molecule has 0 N–H and O–H groups in total. The van der Waals surface area contributed by atoms with Crippen molar-refractivity contribution in [1.82, 2.24) is 0 Å². The van der Waals surface area contributed by atoms with Crippen LogP contribution in [-0.4, -0.2) is 0 Å². The van der Waals surface area contributed by atoms with Crippen LogP contribution in [0.4, 0.5) is 0 Å². The number of rotatable bonds is 1. The van der Waals surface area contributed by atoms with Gasteiger partial charge >= 0.3 is 0 Å². The molecule has 0 saturated heterocycles. The van der Waals surface area contributed by atoms with Crippen molar-refractivity contribution in [3.8, 4) is 0 Å². The van der Waals surface area contributed by atoms with Crippen molar-refractivity contribution in [1.29, 1.82) is 0 Å². The van der Waals surface area contributed by atoms with Gasteiger partial charge in [0.1, 0.15) is 0 Å². The van der Waals surface area contributed by atoms with Gasteiger partial charge in [-0.15, -0.1) is 0 Å². The Labute approximate surface area is 99.3 Å². The van der Waals surface area contributed by atoms with Gasteiger partial charge in [0.2, 0.25) is 0 Å². The fourth-order valence-electron chi connectivity index (χ4n) is 2.07. The van der Waals surface area contributed by atoms with E-state index in [1.165, 1.54) is 21.9 Å². The summed E-state index contributed by atoms with van der Waals surface area (Å²) >= 11 is 0. The fraction of sp³-hybridized carbons (Fsp3) is 0.375. The summed E-state index contributed by atoms with van der Waals surface area (Å²) in [6.45, 7) is 10.7. The minimum atomic E-state index is 0.611. The molecule has 0 unspecified atom stereocenters. The lowest BCUT2D eigenvalue weighted by atomic mass is 9.93.